The lowest BCUT2D eigenvalue weighted by atomic mass is 10.1. The van der Waals surface area contributed by atoms with E-state index in [4.69, 9.17) is 5.73 Å². The molecular weight excluding hydrogens is 190 g/mol. The number of likely N-dealkylation sites (N-methyl/N-ethyl adjacent to an activating group) is 1. The Labute approximate surface area is 90.7 Å². The van der Waals surface area contributed by atoms with Gasteiger partial charge in [0.05, 0.1) is 7.05 Å². The number of nitrogens with zero attached hydrogens (tertiary/aromatic N) is 3. The van der Waals surface area contributed by atoms with Crippen molar-refractivity contribution in [1.82, 2.24) is 5.32 Å². The summed E-state index contributed by atoms with van der Waals surface area (Å²) >= 11 is 0. The van der Waals surface area contributed by atoms with Crippen LogP contribution < -0.4 is 11.1 Å². The molecule has 0 saturated carbocycles. The molecule has 2 bridgehead atoms. The van der Waals surface area contributed by atoms with Gasteiger partial charge in [0.2, 0.25) is 0 Å². The Morgan fingerprint density at radius 3 is 2.27 bits per heavy atom. The fourth-order valence-electron chi connectivity index (χ4n) is 3.22. The number of nitrogens with two attached hydrogens (primary N) is 1. The standard InChI is InChI=1S/C10H21N5/c1-14-2-5-15(6-3-14,7-4-14)9-8-12-10(11)13-9/h9H,2-8H2,1H3,(H3,11,12,13)/q+2. The summed E-state index contributed by atoms with van der Waals surface area (Å²) < 4.78 is 2.49. The van der Waals surface area contributed by atoms with Gasteiger partial charge in [0.25, 0.3) is 0 Å². The molecule has 4 aliphatic rings. The van der Waals surface area contributed by atoms with Crippen molar-refractivity contribution in [3.05, 3.63) is 0 Å². The van der Waals surface area contributed by atoms with Gasteiger partial charge in [0.1, 0.15) is 45.8 Å². The van der Waals surface area contributed by atoms with Crippen LogP contribution in [0.5, 0.6) is 0 Å². The molecule has 3 fully saturated rings. The second-order valence-corrected chi connectivity index (χ2v) is 5.57. The van der Waals surface area contributed by atoms with E-state index in [0.717, 1.165) is 6.54 Å². The predicted octanol–water partition coefficient (Wildman–Crippen LogP) is -1.48. The minimum Gasteiger partial charge on any atom is -0.370 e. The van der Waals surface area contributed by atoms with Crippen LogP contribution in [0, 0.1) is 0 Å². The van der Waals surface area contributed by atoms with Crippen molar-refractivity contribution in [2.24, 2.45) is 10.7 Å². The summed E-state index contributed by atoms with van der Waals surface area (Å²) in [6, 6.07) is 0. The van der Waals surface area contributed by atoms with Crippen molar-refractivity contribution in [3.63, 3.8) is 0 Å². The van der Waals surface area contributed by atoms with Crippen LogP contribution in [0.4, 0.5) is 0 Å². The average molecular weight is 211 g/mol. The lowest BCUT2D eigenvalue weighted by Gasteiger charge is -2.55. The van der Waals surface area contributed by atoms with Gasteiger partial charge in [-0.15, -0.1) is 0 Å². The summed E-state index contributed by atoms with van der Waals surface area (Å²) in [5.41, 5.74) is 5.71. The van der Waals surface area contributed by atoms with Gasteiger partial charge in [0, 0.05) is 0 Å². The molecule has 5 heteroatoms. The molecule has 15 heavy (non-hydrogen) atoms. The van der Waals surface area contributed by atoms with Crippen molar-refractivity contribution in [2.45, 2.75) is 6.17 Å². The molecule has 3 N–H and O–H groups in total. The Balaban J connectivity index is 1.76. The molecule has 1 atom stereocenters. The summed E-state index contributed by atoms with van der Waals surface area (Å²) in [5.74, 6) is 0.640. The second-order valence-electron chi connectivity index (χ2n) is 5.57. The van der Waals surface area contributed by atoms with Crippen LogP contribution >= 0.6 is 0 Å². The first-order valence-electron chi connectivity index (χ1n) is 5.88. The van der Waals surface area contributed by atoms with Gasteiger partial charge in [-0.05, 0) is 0 Å². The number of guanidine groups is 1. The monoisotopic (exact) mass is 211 g/mol. The molecule has 84 valence electrons. The summed E-state index contributed by atoms with van der Waals surface area (Å²) in [6.07, 6.45) is 0.457. The highest BCUT2D eigenvalue weighted by Crippen LogP contribution is 2.27. The lowest BCUT2D eigenvalue weighted by Crippen LogP contribution is -2.78. The van der Waals surface area contributed by atoms with Gasteiger partial charge in [-0.3, -0.25) is 4.48 Å². The van der Waals surface area contributed by atoms with Crippen molar-refractivity contribution < 1.29 is 8.97 Å². The van der Waals surface area contributed by atoms with Gasteiger partial charge >= 0.3 is 0 Å². The smallest absolute Gasteiger partial charge is 0.193 e. The predicted molar refractivity (Wildman–Crippen MR) is 59.1 cm³/mol. The molecule has 0 aromatic heterocycles. The number of aliphatic imine (C=N–C) groups is 1. The van der Waals surface area contributed by atoms with Crippen LogP contribution in [0.2, 0.25) is 0 Å². The van der Waals surface area contributed by atoms with E-state index < -0.39 is 0 Å². The maximum atomic E-state index is 5.71. The molecule has 1 unspecified atom stereocenters. The zero-order valence-electron chi connectivity index (χ0n) is 9.45. The number of fused-ring (bicyclic) bond motifs is 3. The minimum atomic E-state index is 0.457. The number of piperazine rings is 3. The van der Waals surface area contributed by atoms with E-state index in [0.29, 0.717) is 12.1 Å². The average Bonchev–Trinajstić information content (AvgIpc) is 2.67. The van der Waals surface area contributed by atoms with E-state index in [1.54, 1.807) is 0 Å². The highest BCUT2D eigenvalue weighted by atomic mass is 15.6. The topological polar surface area (TPSA) is 50.4 Å². The SMILES string of the molecule is C[N+]12CC[N+](C3CN=C(N)N3)(CC1)CC2. The van der Waals surface area contributed by atoms with Crippen molar-refractivity contribution in [1.29, 1.82) is 0 Å². The fraction of sp³-hybridized carbons (Fsp3) is 0.900. The van der Waals surface area contributed by atoms with E-state index in [1.165, 1.54) is 48.2 Å². The quantitative estimate of drug-likeness (QED) is 0.520. The Morgan fingerprint density at radius 2 is 1.80 bits per heavy atom. The molecule has 0 aromatic rings. The van der Waals surface area contributed by atoms with E-state index in [9.17, 15) is 0 Å². The maximum absolute atomic E-state index is 5.71. The van der Waals surface area contributed by atoms with Crippen LogP contribution in [0.3, 0.4) is 0 Å². The highest BCUT2D eigenvalue weighted by molar-refractivity contribution is 5.79. The van der Waals surface area contributed by atoms with E-state index in [2.05, 4.69) is 17.4 Å². The summed E-state index contributed by atoms with van der Waals surface area (Å²) in [7, 11) is 2.39. The third kappa shape index (κ3) is 1.33. The first-order chi connectivity index (χ1) is 7.12. The summed E-state index contributed by atoms with van der Waals surface area (Å²) in [5, 5.41) is 3.35. The van der Waals surface area contributed by atoms with E-state index >= 15 is 0 Å². The maximum Gasteiger partial charge on any atom is 0.193 e. The molecular formula is C10H21N5+2. The third-order valence-corrected chi connectivity index (χ3v) is 4.67. The van der Waals surface area contributed by atoms with Crippen LogP contribution in [-0.4, -0.2) is 74.0 Å². The molecule has 0 spiro atoms. The molecule has 0 radical (unpaired) electrons. The van der Waals surface area contributed by atoms with Crippen molar-refractivity contribution in [2.75, 3.05) is 52.9 Å². The van der Waals surface area contributed by atoms with Crippen LogP contribution in [0.15, 0.2) is 4.99 Å². The Hall–Kier alpha value is -0.810. The third-order valence-electron chi connectivity index (χ3n) is 4.67. The van der Waals surface area contributed by atoms with Gasteiger partial charge in [-0.1, -0.05) is 0 Å². The van der Waals surface area contributed by atoms with Crippen LogP contribution in [-0.2, 0) is 0 Å². The normalized spacial score (nSPS) is 48.9. The number of rotatable bonds is 1. The zero-order valence-corrected chi connectivity index (χ0v) is 9.45. The zero-order chi connectivity index (χ0) is 10.5. The molecule has 3 saturated heterocycles. The van der Waals surface area contributed by atoms with Gasteiger partial charge in [-0.25, -0.2) is 4.99 Å². The highest BCUT2D eigenvalue weighted by Gasteiger charge is 2.51. The Bertz CT molecular complexity index is 286. The van der Waals surface area contributed by atoms with Gasteiger partial charge in [0.15, 0.2) is 12.1 Å². The molecule has 0 aliphatic carbocycles. The van der Waals surface area contributed by atoms with Crippen molar-refractivity contribution in [3.8, 4) is 0 Å². The first kappa shape index (κ1) is 9.42. The minimum absolute atomic E-state index is 0.457. The first-order valence-corrected chi connectivity index (χ1v) is 5.88. The largest absolute Gasteiger partial charge is 0.370 e. The number of hydrogen-bond donors (Lipinski definition) is 2. The van der Waals surface area contributed by atoms with E-state index in [1.807, 2.05) is 0 Å². The molecule has 4 heterocycles. The van der Waals surface area contributed by atoms with Gasteiger partial charge < -0.3 is 15.5 Å². The molecule has 0 aromatic carbocycles. The van der Waals surface area contributed by atoms with E-state index in [-0.39, 0.29) is 0 Å². The van der Waals surface area contributed by atoms with Crippen LogP contribution in [0.1, 0.15) is 0 Å². The molecule has 4 rings (SSSR count). The molecule has 0 amide bonds. The fourth-order valence-corrected chi connectivity index (χ4v) is 3.22. The number of nitrogens with one attached hydrogen (secondary N) is 1. The second kappa shape index (κ2) is 2.86. The van der Waals surface area contributed by atoms with Crippen molar-refractivity contribution >= 4 is 5.96 Å². The summed E-state index contributed by atoms with van der Waals surface area (Å²) in [4.78, 5) is 4.28. The molecule has 4 aliphatic heterocycles. The lowest BCUT2D eigenvalue weighted by molar-refractivity contribution is -1.08. The van der Waals surface area contributed by atoms with Gasteiger partial charge in [-0.2, -0.15) is 0 Å². The Kier molecular flexibility index (Phi) is 1.79. The Morgan fingerprint density at radius 1 is 1.20 bits per heavy atom. The summed E-state index contributed by atoms with van der Waals surface area (Å²) in [6.45, 7) is 8.69. The molecule has 5 nitrogen and oxygen atoms in total. The number of hydrogen-bond acceptors (Lipinski definition) is 3. The number of quaternary nitrogens is 2. The van der Waals surface area contributed by atoms with Crippen LogP contribution in [0.25, 0.3) is 0 Å².